The van der Waals surface area contributed by atoms with Crippen molar-refractivity contribution < 1.29 is 9.21 Å². The molecule has 0 radical (unpaired) electrons. The number of piperazine rings is 1. The lowest BCUT2D eigenvalue weighted by molar-refractivity contribution is 0.0633. The summed E-state index contributed by atoms with van der Waals surface area (Å²) in [5.41, 5.74) is 1.63. The number of halogens is 2. The Morgan fingerprint density at radius 1 is 1.38 bits per heavy atom. The van der Waals surface area contributed by atoms with Gasteiger partial charge in [0.25, 0.3) is 5.91 Å². The second-order valence-electron chi connectivity index (χ2n) is 4.79. The van der Waals surface area contributed by atoms with E-state index in [1.54, 1.807) is 6.07 Å². The fraction of sp³-hybridized carbons (Fsp3) is 0.267. The van der Waals surface area contributed by atoms with Gasteiger partial charge in [0.15, 0.2) is 0 Å². The molecule has 1 unspecified atom stereocenters. The zero-order chi connectivity index (χ0) is 13.9. The van der Waals surface area contributed by atoms with Crippen molar-refractivity contribution in [3.63, 3.8) is 0 Å². The van der Waals surface area contributed by atoms with Crippen molar-refractivity contribution in [3.05, 3.63) is 59.0 Å². The molecular formula is C15H16Cl2N2O2. The van der Waals surface area contributed by atoms with Crippen LogP contribution in [-0.2, 0) is 0 Å². The zero-order valence-corrected chi connectivity index (χ0v) is 12.9. The molecule has 6 heteroatoms. The number of hydrogen-bond acceptors (Lipinski definition) is 3. The van der Waals surface area contributed by atoms with Crippen molar-refractivity contribution in [2.45, 2.75) is 6.04 Å². The van der Waals surface area contributed by atoms with Gasteiger partial charge in [-0.1, -0.05) is 23.7 Å². The van der Waals surface area contributed by atoms with E-state index in [9.17, 15) is 4.79 Å². The van der Waals surface area contributed by atoms with Gasteiger partial charge in [0, 0.05) is 24.7 Å². The van der Waals surface area contributed by atoms with Crippen molar-refractivity contribution in [3.8, 4) is 0 Å². The summed E-state index contributed by atoms with van der Waals surface area (Å²) in [6, 6.07) is 9.34. The first-order valence-corrected chi connectivity index (χ1v) is 6.93. The summed E-state index contributed by atoms with van der Waals surface area (Å²) in [7, 11) is 0. The number of carbonyl (C=O) groups is 1. The number of amides is 1. The molecule has 1 fully saturated rings. The van der Waals surface area contributed by atoms with E-state index in [0.717, 1.165) is 18.7 Å². The molecule has 1 aromatic heterocycles. The van der Waals surface area contributed by atoms with E-state index < -0.39 is 0 Å². The van der Waals surface area contributed by atoms with Crippen molar-refractivity contribution in [2.75, 3.05) is 19.6 Å². The fourth-order valence-corrected chi connectivity index (χ4v) is 2.71. The molecule has 0 spiro atoms. The van der Waals surface area contributed by atoms with Crippen LogP contribution in [0.5, 0.6) is 0 Å². The second-order valence-corrected chi connectivity index (χ2v) is 5.22. The van der Waals surface area contributed by atoms with E-state index >= 15 is 0 Å². The molecule has 21 heavy (non-hydrogen) atoms. The van der Waals surface area contributed by atoms with Gasteiger partial charge in [-0.25, -0.2) is 0 Å². The Morgan fingerprint density at radius 3 is 2.95 bits per heavy atom. The Hall–Kier alpha value is -1.49. The minimum Gasteiger partial charge on any atom is -0.472 e. The summed E-state index contributed by atoms with van der Waals surface area (Å²) >= 11 is 6.05. The average Bonchev–Trinajstić information content (AvgIpc) is 3.01. The largest absolute Gasteiger partial charge is 0.472 e. The number of carbonyl (C=O) groups excluding carboxylic acids is 1. The normalized spacial score (nSPS) is 18.1. The summed E-state index contributed by atoms with van der Waals surface area (Å²) < 4.78 is 5.00. The van der Waals surface area contributed by atoms with E-state index in [1.165, 1.54) is 12.5 Å². The first-order chi connectivity index (χ1) is 9.75. The number of nitrogens with one attached hydrogen (secondary N) is 1. The third-order valence-electron chi connectivity index (χ3n) is 3.51. The molecule has 1 aliphatic rings. The van der Waals surface area contributed by atoms with Crippen molar-refractivity contribution in [2.24, 2.45) is 0 Å². The summed E-state index contributed by atoms with van der Waals surface area (Å²) in [5.74, 6) is -0.00905. The first-order valence-electron chi connectivity index (χ1n) is 6.55. The van der Waals surface area contributed by atoms with Gasteiger partial charge in [-0.15, -0.1) is 12.4 Å². The third-order valence-corrected chi connectivity index (χ3v) is 3.74. The third kappa shape index (κ3) is 3.40. The first kappa shape index (κ1) is 15.9. The van der Waals surface area contributed by atoms with E-state index in [1.807, 2.05) is 29.2 Å². The number of furan rings is 1. The maximum Gasteiger partial charge on any atom is 0.257 e. The molecule has 0 saturated carbocycles. The lowest BCUT2D eigenvalue weighted by Gasteiger charge is -2.36. The number of nitrogens with zero attached hydrogens (tertiary/aromatic N) is 1. The predicted molar refractivity (Wildman–Crippen MR) is 84.1 cm³/mol. The van der Waals surface area contributed by atoms with Gasteiger partial charge >= 0.3 is 0 Å². The molecule has 0 aliphatic carbocycles. The standard InChI is InChI=1S/C15H15ClN2O2.ClH/c16-13-3-1-2-11(8-13)14-9-17-5-6-18(14)15(19)12-4-7-20-10-12;/h1-4,7-8,10,14,17H,5-6,9H2;1H. The highest BCUT2D eigenvalue weighted by atomic mass is 35.5. The highest BCUT2D eigenvalue weighted by Gasteiger charge is 2.29. The van der Waals surface area contributed by atoms with Crippen LogP contribution in [0.25, 0.3) is 0 Å². The topological polar surface area (TPSA) is 45.5 Å². The molecule has 0 bridgehead atoms. The highest BCUT2D eigenvalue weighted by molar-refractivity contribution is 6.30. The van der Waals surface area contributed by atoms with Gasteiger partial charge in [0.05, 0.1) is 17.9 Å². The van der Waals surface area contributed by atoms with E-state index in [2.05, 4.69) is 5.32 Å². The maximum absolute atomic E-state index is 12.5. The van der Waals surface area contributed by atoms with Crippen LogP contribution >= 0.6 is 24.0 Å². The zero-order valence-electron chi connectivity index (χ0n) is 11.3. The Bertz CT molecular complexity index is 601. The number of hydrogen-bond donors (Lipinski definition) is 1. The van der Waals surface area contributed by atoms with Crippen LogP contribution in [0.2, 0.25) is 5.02 Å². The van der Waals surface area contributed by atoms with Crippen LogP contribution in [0.1, 0.15) is 22.0 Å². The predicted octanol–water partition coefficient (Wildman–Crippen LogP) is 3.14. The Labute approximate surface area is 134 Å². The molecule has 3 rings (SSSR count). The highest BCUT2D eigenvalue weighted by Crippen LogP contribution is 2.26. The molecule has 112 valence electrons. The molecule has 1 aromatic carbocycles. The summed E-state index contributed by atoms with van der Waals surface area (Å²) in [6.45, 7) is 2.19. The van der Waals surface area contributed by atoms with Gasteiger partial charge in [-0.2, -0.15) is 0 Å². The maximum atomic E-state index is 12.5. The molecule has 1 amide bonds. The van der Waals surface area contributed by atoms with Crippen LogP contribution in [0, 0.1) is 0 Å². The monoisotopic (exact) mass is 326 g/mol. The van der Waals surface area contributed by atoms with Crippen molar-refractivity contribution >= 4 is 29.9 Å². The summed E-state index contributed by atoms with van der Waals surface area (Å²) in [4.78, 5) is 14.4. The minimum atomic E-state index is -0.00940. The smallest absolute Gasteiger partial charge is 0.257 e. The lowest BCUT2D eigenvalue weighted by Crippen LogP contribution is -2.48. The summed E-state index contributed by atoms with van der Waals surface area (Å²) in [5, 5.41) is 4.01. The van der Waals surface area contributed by atoms with Crippen LogP contribution < -0.4 is 5.32 Å². The number of benzene rings is 1. The molecule has 1 saturated heterocycles. The molecule has 4 nitrogen and oxygen atoms in total. The second kappa shape index (κ2) is 6.98. The van der Waals surface area contributed by atoms with Crippen LogP contribution in [0.3, 0.4) is 0 Å². The SMILES string of the molecule is Cl.O=C(c1ccoc1)N1CCNCC1c1cccc(Cl)c1. The van der Waals surface area contributed by atoms with Crippen LogP contribution in [-0.4, -0.2) is 30.4 Å². The van der Waals surface area contributed by atoms with Gasteiger partial charge < -0.3 is 14.6 Å². The lowest BCUT2D eigenvalue weighted by atomic mass is 10.0. The molecular weight excluding hydrogens is 311 g/mol. The average molecular weight is 327 g/mol. The molecule has 2 aromatic rings. The van der Waals surface area contributed by atoms with E-state index in [-0.39, 0.29) is 24.4 Å². The van der Waals surface area contributed by atoms with Crippen LogP contribution in [0.15, 0.2) is 47.3 Å². The van der Waals surface area contributed by atoms with Crippen molar-refractivity contribution in [1.82, 2.24) is 10.2 Å². The Morgan fingerprint density at radius 2 is 2.24 bits per heavy atom. The molecule has 2 heterocycles. The Kier molecular flexibility index (Phi) is 5.28. The molecule has 1 N–H and O–H groups in total. The number of rotatable bonds is 2. The van der Waals surface area contributed by atoms with Gasteiger partial charge in [-0.3, -0.25) is 4.79 Å². The fourth-order valence-electron chi connectivity index (χ4n) is 2.51. The minimum absolute atomic E-state index is 0. The van der Waals surface area contributed by atoms with Crippen LogP contribution in [0.4, 0.5) is 0 Å². The van der Waals surface area contributed by atoms with E-state index in [4.69, 9.17) is 16.0 Å². The molecule has 1 aliphatic heterocycles. The van der Waals surface area contributed by atoms with Crippen molar-refractivity contribution in [1.29, 1.82) is 0 Å². The summed E-state index contributed by atoms with van der Waals surface area (Å²) in [6.07, 6.45) is 3.00. The van der Waals surface area contributed by atoms with Gasteiger partial charge in [0.1, 0.15) is 6.26 Å². The van der Waals surface area contributed by atoms with E-state index in [0.29, 0.717) is 17.1 Å². The quantitative estimate of drug-likeness (QED) is 0.922. The van der Waals surface area contributed by atoms with Gasteiger partial charge in [0.2, 0.25) is 0 Å². The van der Waals surface area contributed by atoms with Gasteiger partial charge in [-0.05, 0) is 23.8 Å². The Balaban J connectivity index is 0.00000161. The molecule has 1 atom stereocenters.